The van der Waals surface area contributed by atoms with E-state index in [-0.39, 0.29) is 25.6 Å². The van der Waals surface area contributed by atoms with Gasteiger partial charge < -0.3 is 64.2 Å². The van der Waals surface area contributed by atoms with Crippen LogP contribution in [-0.4, -0.2) is 142 Å². The van der Waals surface area contributed by atoms with Crippen LogP contribution in [0.5, 0.6) is 0 Å². The SMILES string of the molecule is CCCCC/C=C\C/C=C\CCCCCCCCCCCCOCC(COC1OC(COC2OC(CO)C(O)C(O)C2O)C(O)C(O)C1O)OC(=O)CCCCCCCCC/C=C\C/C=C\CCCCCC. The number of carbonyl (C=O) groups excluding carboxylic acids is 1. The first-order chi connectivity index (χ1) is 35.1. The molecule has 0 aromatic carbocycles. The summed E-state index contributed by atoms with van der Waals surface area (Å²) in [6.45, 7) is 3.65. The minimum absolute atomic E-state index is 0.0559. The molecule has 7 N–H and O–H groups in total. The molecule has 0 spiro atoms. The number of unbranched alkanes of at least 4 members (excludes halogenated alkanes) is 24. The van der Waals surface area contributed by atoms with Crippen molar-refractivity contribution >= 4 is 5.97 Å². The Bertz CT molecular complexity index is 1370. The molecule has 14 heteroatoms. The molecule has 14 nitrogen and oxygen atoms in total. The molecule has 0 amide bonds. The summed E-state index contributed by atoms with van der Waals surface area (Å²) in [5.74, 6) is -0.384. The minimum Gasteiger partial charge on any atom is -0.457 e. The third-order valence-electron chi connectivity index (χ3n) is 13.6. The quantitative estimate of drug-likeness (QED) is 0.0172. The van der Waals surface area contributed by atoms with Gasteiger partial charge in [0.2, 0.25) is 0 Å². The average molecular weight is 1030 g/mol. The van der Waals surface area contributed by atoms with Crippen molar-refractivity contribution in [3.63, 3.8) is 0 Å². The number of ether oxygens (including phenoxy) is 6. The largest absolute Gasteiger partial charge is 0.457 e. The first-order valence-corrected chi connectivity index (χ1v) is 28.7. The van der Waals surface area contributed by atoms with Crippen molar-refractivity contribution < 1.29 is 69.0 Å². The third kappa shape index (κ3) is 31.7. The van der Waals surface area contributed by atoms with Crippen LogP contribution < -0.4 is 0 Å². The van der Waals surface area contributed by atoms with E-state index < -0.39 is 80.7 Å². The number of esters is 1. The monoisotopic (exact) mass is 1020 g/mol. The van der Waals surface area contributed by atoms with E-state index >= 15 is 0 Å². The Kier molecular flexibility index (Phi) is 41.4. The minimum atomic E-state index is -1.71. The molecule has 420 valence electrons. The van der Waals surface area contributed by atoms with E-state index in [2.05, 4.69) is 62.5 Å². The van der Waals surface area contributed by atoms with Crippen molar-refractivity contribution in [2.24, 2.45) is 0 Å². The number of aliphatic hydroxyl groups is 7. The number of rotatable bonds is 46. The molecule has 0 bridgehead atoms. The lowest BCUT2D eigenvalue weighted by Crippen LogP contribution is -2.61. The van der Waals surface area contributed by atoms with Crippen molar-refractivity contribution in [3.8, 4) is 0 Å². The van der Waals surface area contributed by atoms with E-state index in [1.54, 1.807) is 0 Å². The highest BCUT2D eigenvalue weighted by atomic mass is 16.7. The van der Waals surface area contributed by atoms with Crippen LogP contribution in [0.3, 0.4) is 0 Å². The summed E-state index contributed by atoms with van der Waals surface area (Å²) in [5, 5.41) is 72.3. The molecule has 2 rings (SSSR count). The van der Waals surface area contributed by atoms with Gasteiger partial charge in [-0.3, -0.25) is 4.79 Å². The summed E-state index contributed by atoms with van der Waals surface area (Å²) in [6, 6.07) is 0. The summed E-state index contributed by atoms with van der Waals surface area (Å²) in [6.07, 6.45) is 37.3. The van der Waals surface area contributed by atoms with Gasteiger partial charge in [-0.15, -0.1) is 0 Å². The smallest absolute Gasteiger partial charge is 0.306 e. The van der Waals surface area contributed by atoms with Crippen LogP contribution in [0.1, 0.15) is 213 Å². The highest BCUT2D eigenvalue weighted by Gasteiger charge is 2.47. The lowest BCUT2D eigenvalue weighted by atomic mass is 9.98. The average Bonchev–Trinajstić information content (AvgIpc) is 3.38. The second kappa shape index (κ2) is 45.2. The molecule has 11 atom stereocenters. The molecule has 11 unspecified atom stereocenters. The van der Waals surface area contributed by atoms with Crippen LogP contribution >= 0.6 is 0 Å². The molecule has 0 saturated carbocycles. The molecule has 0 aromatic heterocycles. The van der Waals surface area contributed by atoms with Gasteiger partial charge in [0.25, 0.3) is 0 Å². The molecule has 72 heavy (non-hydrogen) atoms. The van der Waals surface area contributed by atoms with Crippen LogP contribution in [0.15, 0.2) is 48.6 Å². The van der Waals surface area contributed by atoms with E-state index in [4.69, 9.17) is 28.4 Å². The second-order valence-corrected chi connectivity index (χ2v) is 20.1. The van der Waals surface area contributed by atoms with Gasteiger partial charge in [0.1, 0.15) is 54.9 Å². The number of aliphatic hydroxyl groups excluding tert-OH is 7. The highest BCUT2D eigenvalue weighted by Crippen LogP contribution is 2.26. The van der Waals surface area contributed by atoms with Crippen LogP contribution in [0.25, 0.3) is 0 Å². The fraction of sp³-hybridized carbons (Fsp3) is 0.845. The molecule has 2 fully saturated rings. The molecular formula is C58H104O14. The normalized spacial score (nSPS) is 25.5. The highest BCUT2D eigenvalue weighted by molar-refractivity contribution is 5.69. The lowest BCUT2D eigenvalue weighted by Gasteiger charge is -2.42. The van der Waals surface area contributed by atoms with Gasteiger partial charge in [-0.1, -0.05) is 178 Å². The van der Waals surface area contributed by atoms with Gasteiger partial charge in [-0.2, -0.15) is 0 Å². The van der Waals surface area contributed by atoms with Crippen molar-refractivity contribution in [2.45, 2.75) is 280 Å². The van der Waals surface area contributed by atoms with Gasteiger partial charge in [-0.25, -0.2) is 0 Å². The van der Waals surface area contributed by atoms with Gasteiger partial charge in [-0.05, 0) is 77.0 Å². The van der Waals surface area contributed by atoms with E-state index in [1.165, 1.54) is 128 Å². The van der Waals surface area contributed by atoms with Crippen molar-refractivity contribution in [1.82, 2.24) is 0 Å². The van der Waals surface area contributed by atoms with Crippen LogP contribution in [0.4, 0.5) is 0 Å². The van der Waals surface area contributed by atoms with E-state index in [9.17, 15) is 40.5 Å². The predicted octanol–water partition coefficient (Wildman–Crippen LogP) is 9.91. The van der Waals surface area contributed by atoms with E-state index in [0.29, 0.717) is 13.0 Å². The number of carbonyl (C=O) groups is 1. The first-order valence-electron chi connectivity index (χ1n) is 28.7. The van der Waals surface area contributed by atoms with Crippen molar-refractivity contribution in [3.05, 3.63) is 48.6 Å². The number of hydrogen-bond donors (Lipinski definition) is 7. The zero-order chi connectivity index (χ0) is 52.3. The molecular weight excluding hydrogens is 921 g/mol. The molecule has 2 saturated heterocycles. The van der Waals surface area contributed by atoms with E-state index in [1.807, 2.05) is 0 Å². The Morgan fingerprint density at radius 1 is 0.458 bits per heavy atom. The van der Waals surface area contributed by atoms with E-state index in [0.717, 1.165) is 57.8 Å². The van der Waals surface area contributed by atoms with Gasteiger partial charge in [0.05, 0.1) is 26.4 Å². The Morgan fingerprint density at radius 3 is 1.36 bits per heavy atom. The molecule has 0 radical (unpaired) electrons. The summed E-state index contributed by atoms with van der Waals surface area (Å²) in [5.41, 5.74) is 0. The topological polar surface area (TPSA) is 214 Å². The maximum absolute atomic E-state index is 13.1. The van der Waals surface area contributed by atoms with Gasteiger partial charge >= 0.3 is 5.97 Å². The summed E-state index contributed by atoms with van der Waals surface area (Å²) >= 11 is 0. The summed E-state index contributed by atoms with van der Waals surface area (Å²) in [4.78, 5) is 13.1. The fourth-order valence-corrected chi connectivity index (χ4v) is 8.88. The molecule has 0 aliphatic carbocycles. The summed E-state index contributed by atoms with van der Waals surface area (Å²) in [7, 11) is 0. The number of allylic oxidation sites excluding steroid dienone is 8. The summed E-state index contributed by atoms with van der Waals surface area (Å²) < 4.78 is 34.4. The maximum Gasteiger partial charge on any atom is 0.306 e. The Morgan fingerprint density at radius 2 is 0.861 bits per heavy atom. The zero-order valence-corrected chi connectivity index (χ0v) is 44.9. The van der Waals surface area contributed by atoms with Crippen molar-refractivity contribution in [2.75, 3.05) is 33.0 Å². The Hall–Kier alpha value is -2.05. The fourth-order valence-electron chi connectivity index (χ4n) is 8.88. The number of hydrogen-bond acceptors (Lipinski definition) is 14. The standard InChI is InChI=1S/C58H104O14/c1-3-5-7-9-11-13-15-17-19-21-23-24-26-28-30-32-34-36-38-40-42-67-44-47(70-50(60)41-39-37-35-33-31-29-27-25-22-20-18-16-14-12-10-8-6-4-2)45-68-57-56(66)54(64)52(62)49(72-57)46-69-58-55(65)53(63)51(61)48(43-59)71-58/h11,13-14,16-17,19-20,22,47-49,51-59,61-66H,3-10,12,15,18,21,23-46H2,1-2H3/b13-11-,16-14-,19-17-,22-20-. The predicted molar refractivity (Wildman–Crippen MR) is 284 cm³/mol. The lowest BCUT2D eigenvalue weighted by molar-refractivity contribution is -0.332. The van der Waals surface area contributed by atoms with Crippen LogP contribution in [-0.2, 0) is 33.2 Å². The Balaban J connectivity index is 1.73. The maximum atomic E-state index is 13.1. The molecule has 2 aliphatic rings. The van der Waals surface area contributed by atoms with Gasteiger partial charge in [0, 0.05) is 13.0 Å². The third-order valence-corrected chi connectivity index (χ3v) is 13.6. The van der Waals surface area contributed by atoms with Gasteiger partial charge in [0.15, 0.2) is 12.6 Å². The molecule has 2 heterocycles. The second-order valence-electron chi connectivity index (χ2n) is 20.1. The first kappa shape index (κ1) is 66.1. The zero-order valence-electron chi connectivity index (χ0n) is 44.9. The van der Waals surface area contributed by atoms with Crippen LogP contribution in [0, 0.1) is 0 Å². The van der Waals surface area contributed by atoms with Crippen LogP contribution in [0.2, 0.25) is 0 Å². The van der Waals surface area contributed by atoms with Crippen molar-refractivity contribution in [1.29, 1.82) is 0 Å². The molecule has 0 aromatic rings. The molecule has 2 aliphatic heterocycles. The Labute approximate surface area is 435 Å².